The Balaban J connectivity index is 1.59. The average molecular weight is 236 g/mol. The summed E-state index contributed by atoms with van der Waals surface area (Å²) in [5.41, 5.74) is 0.964. The third-order valence-corrected chi connectivity index (χ3v) is 2.45. The Kier molecular flexibility index (Phi) is 4.21. The summed E-state index contributed by atoms with van der Waals surface area (Å²) in [5.74, 6) is 0.791. The van der Waals surface area contributed by atoms with Crippen molar-refractivity contribution < 1.29 is 4.74 Å². The highest BCUT2D eigenvalue weighted by Crippen LogP contribution is 2.05. The molecule has 0 radical (unpaired) electrons. The quantitative estimate of drug-likeness (QED) is 0.761. The molecule has 0 aliphatic carbocycles. The van der Waals surface area contributed by atoms with Gasteiger partial charge in [-0.15, -0.1) is 5.10 Å². The molecule has 0 aromatic carbocycles. The first-order chi connectivity index (χ1) is 7.95. The Morgan fingerprint density at radius 1 is 1.44 bits per heavy atom. The Hall–Kier alpha value is -1.53. The Morgan fingerprint density at radius 2 is 2.44 bits per heavy atom. The van der Waals surface area contributed by atoms with Crippen molar-refractivity contribution in [3.63, 3.8) is 0 Å². The van der Waals surface area contributed by atoms with E-state index in [4.69, 9.17) is 4.74 Å². The molecule has 16 heavy (non-hydrogen) atoms. The number of nitrogens with zero attached hydrogens (tertiary/aromatic N) is 3. The summed E-state index contributed by atoms with van der Waals surface area (Å²) >= 11 is 1.36. The zero-order valence-electron chi connectivity index (χ0n) is 8.67. The van der Waals surface area contributed by atoms with Crippen LogP contribution in [0, 0.1) is 0 Å². The molecule has 0 saturated carbocycles. The molecular formula is C10H12N4OS. The van der Waals surface area contributed by atoms with Crippen LogP contribution in [-0.2, 0) is 6.54 Å². The molecule has 5 nitrogen and oxygen atoms in total. The van der Waals surface area contributed by atoms with Crippen LogP contribution in [0.1, 0.15) is 5.69 Å². The van der Waals surface area contributed by atoms with Gasteiger partial charge in [0.2, 0.25) is 0 Å². The lowest BCUT2D eigenvalue weighted by molar-refractivity contribution is 0.312. The largest absolute Gasteiger partial charge is 0.491 e. The van der Waals surface area contributed by atoms with E-state index in [-0.39, 0.29) is 0 Å². The second-order valence-electron chi connectivity index (χ2n) is 3.11. The molecule has 0 aliphatic heterocycles. The maximum Gasteiger partial charge on any atom is 0.137 e. The van der Waals surface area contributed by atoms with Gasteiger partial charge in [0.05, 0.1) is 11.9 Å². The number of pyridine rings is 1. The monoisotopic (exact) mass is 236 g/mol. The van der Waals surface area contributed by atoms with Gasteiger partial charge in [0.15, 0.2) is 0 Å². The van der Waals surface area contributed by atoms with Gasteiger partial charge in [-0.2, -0.15) is 0 Å². The van der Waals surface area contributed by atoms with E-state index in [2.05, 4.69) is 19.9 Å². The van der Waals surface area contributed by atoms with E-state index in [1.165, 1.54) is 11.5 Å². The molecule has 0 amide bonds. The van der Waals surface area contributed by atoms with Crippen LogP contribution >= 0.6 is 11.5 Å². The van der Waals surface area contributed by atoms with Crippen LogP contribution in [0.4, 0.5) is 0 Å². The maximum absolute atomic E-state index is 5.47. The van der Waals surface area contributed by atoms with Crippen molar-refractivity contribution in [1.29, 1.82) is 0 Å². The van der Waals surface area contributed by atoms with Gasteiger partial charge < -0.3 is 10.1 Å². The van der Waals surface area contributed by atoms with Gasteiger partial charge in [0.25, 0.3) is 0 Å². The van der Waals surface area contributed by atoms with Gasteiger partial charge >= 0.3 is 0 Å². The standard InChI is InChI=1S/C10H12N4OS/c1-2-10(7-11-3-1)15-5-4-12-6-9-8-16-14-13-9/h1-3,7-8,12H,4-6H2. The lowest BCUT2D eigenvalue weighted by Crippen LogP contribution is -2.20. The molecule has 0 atom stereocenters. The fraction of sp³-hybridized carbons (Fsp3) is 0.300. The topological polar surface area (TPSA) is 59.9 Å². The highest BCUT2D eigenvalue weighted by Gasteiger charge is 1.95. The van der Waals surface area contributed by atoms with E-state index in [0.717, 1.165) is 24.5 Å². The van der Waals surface area contributed by atoms with Crippen molar-refractivity contribution in [3.05, 3.63) is 35.6 Å². The van der Waals surface area contributed by atoms with Crippen molar-refractivity contribution in [3.8, 4) is 5.75 Å². The molecule has 0 saturated heterocycles. The van der Waals surface area contributed by atoms with E-state index in [1.807, 2.05) is 17.5 Å². The number of hydrogen-bond acceptors (Lipinski definition) is 6. The summed E-state index contributed by atoms with van der Waals surface area (Å²) in [7, 11) is 0. The van der Waals surface area contributed by atoms with E-state index < -0.39 is 0 Å². The molecule has 2 rings (SSSR count). The minimum absolute atomic E-state index is 0.614. The third kappa shape index (κ3) is 3.56. The predicted molar refractivity (Wildman–Crippen MR) is 61.3 cm³/mol. The SMILES string of the molecule is c1cncc(OCCNCc2csnn2)c1. The van der Waals surface area contributed by atoms with Crippen molar-refractivity contribution in [2.75, 3.05) is 13.2 Å². The first-order valence-electron chi connectivity index (χ1n) is 4.94. The van der Waals surface area contributed by atoms with E-state index in [9.17, 15) is 0 Å². The van der Waals surface area contributed by atoms with Crippen molar-refractivity contribution >= 4 is 11.5 Å². The Labute approximate surface area is 97.7 Å². The smallest absolute Gasteiger partial charge is 0.137 e. The Morgan fingerprint density at radius 3 is 3.19 bits per heavy atom. The van der Waals surface area contributed by atoms with Crippen LogP contribution in [0.3, 0.4) is 0 Å². The first kappa shape index (κ1) is 11.0. The fourth-order valence-corrected chi connectivity index (χ4v) is 1.60. The van der Waals surface area contributed by atoms with Crippen LogP contribution in [0.5, 0.6) is 5.75 Å². The zero-order chi connectivity index (χ0) is 11.1. The second kappa shape index (κ2) is 6.14. The summed E-state index contributed by atoms with van der Waals surface area (Å²) in [6, 6.07) is 3.74. The van der Waals surface area contributed by atoms with Crippen molar-refractivity contribution in [2.45, 2.75) is 6.54 Å². The molecule has 0 fully saturated rings. The van der Waals surface area contributed by atoms with Gasteiger partial charge in [0, 0.05) is 24.7 Å². The number of aromatic nitrogens is 3. The highest BCUT2D eigenvalue weighted by molar-refractivity contribution is 7.03. The highest BCUT2D eigenvalue weighted by atomic mass is 32.1. The lowest BCUT2D eigenvalue weighted by Gasteiger charge is -2.05. The first-order valence-corrected chi connectivity index (χ1v) is 5.78. The van der Waals surface area contributed by atoms with Crippen LogP contribution in [-0.4, -0.2) is 27.7 Å². The Bertz CT molecular complexity index is 392. The van der Waals surface area contributed by atoms with Crippen LogP contribution in [0.25, 0.3) is 0 Å². The molecule has 2 heterocycles. The zero-order valence-corrected chi connectivity index (χ0v) is 9.48. The minimum atomic E-state index is 0.614. The normalized spacial score (nSPS) is 10.2. The number of ether oxygens (including phenoxy) is 1. The molecule has 0 aliphatic rings. The molecule has 0 unspecified atom stereocenters. The molecule has 2 aromatic heterocycles. The molecule has 1 N–H and O–H groups in total. The van der Waals surface area contributed by atoms with Crippen LogP contribution < -0.4 is 10.1 Å². The minimum Gasteiger partial charge on any atom is -0.491 e. The van der Waals surface area contributed by atoms with Gasteiger partial charge in [-0.25, -0.2) is 0 Å². The van der Waals surface area contributed by atoms with Crippen molar-refractivity contribution in [2.24, 2.45) is 0 Å². The molecule has 6 heteroatoms. The average Bonchev–Trinajstić information content (AvgIpc) is 2.83. The van der Waals surface area contributed by atoms with E-state index in [0.29, 0.717) is 6.61 Å². The number of nitrogens with one attached hydrogen (secondary N) is 1. The molecule has 0 bridgehead atoms. The summed E-state index contributed by atoms with van der Waals surface area (Å²) in [6.07, 6.45) is 3.42. The summed E-state index contributed by atoms with van der Waals surface area (Å²) in [5, 5.41) is 9.07. The van der Waals surface area contributed by atoms with Gasteiger partial charge in [-0.05, 0) is 23.7 Å². The molecular weight excluding hydrogens is 224 g/mol. The predicted octanol–water partition coefficient (Wildman–Crippen LogP) is 1.10. The van der Waals surface area contributed by atoms with E-state index >= 15 is 0 Å². The van der Waals surface area contributed by atoms with Crippen molar-refractivity contribution in [1.82, 2.24) is 19.9 Å². The fourth-order valence-electron chi connectivity index (χ4n) is 1.15. The summed E-state index contributed by atoms with van der Waals surface area (Å²) in [6.45, 7) is 2.11. The van der Waals surface area contributed by atoms with Gasteiger partial charge in [-0.1, -0.05) is 4.49 Å². The number of hydrogen-bond donors (Lipinski definition) is 1. The summed E-state index contributed by atoms with van der Waals surface area (Å²) in [4.78, 5) is 3.96. The molecule has 0 spiro atoms. The summed E-state index contributed by atoms with van der Waals surface area (Å²) < 4.78 is 9.25. The number of rotatable bonds is 6. The van der Waals surface area contributed by atoms with Crippen LogP contribution in [0.15, 0.2) is 29.9 Å². The van der Waals surface area contributed by atoms with Gasteiger partial charge in [-0.3, -0.25) is 4.98 Å². The van der Waals surface area contributed by atoms with E-state index in [1.54, 1.807) is 12.4 Å². The second-order valence-corrected chi connectivity index (χ2v) is 3.72. The lowest BCUT2D eigenvalue weighted by atomic mass is 10.4. The molecule has 84 valence electrons. The molecule has 2 aromatic rings. The maximum atomic E-state index is 5.47. The van der Waals surface area contributed by atoms with Gasteiger partial charge in [0.1, 0.15) is 12.4 Å². The third-order valence-electron chi connectivity index (χ3n) is 1.89. The van der Waals surface area contributed by atoms with Crippen LogP contribution in [0.2, 0.25) is 0 Å².